The molecule has 0 N–H and O–H groups in total. The minimum atomic E-state index is -3.58. The normalized spacial score (nSPS) is 23.4. The number of fused-ring (bicyclic) bond motifs is 1. The first-order valence-corrected chi connectivity index (χ1v) is 12.2. The van der Waals surface area contributed by atoms with Gasteiger partial charge in [0.05, 0.1) is 41.4 Å². The standard InChI is InChI=1S/C21H30N4O5S/c1-15-13-24(14-16(2)30-15)21(26)7-6-20-22-18-12-17(4-5-19(18)23(20)3)31(27,28)25-8-10-29-11-9-25/h4-5,12,15-16H,6-11,13-14H2,1-3H3. The summed E-state index contributed by atoms with van der Waals surface area (Å²) in [6.45, 7) is 6.69. The molecular weight excluding hydrogens is 420 g/mol. The SMILES string of the molecule is CC1CN(C(=O)CCc2nc3cc(S(=O)(=O)N4CCOCC4)ccc3n2C)CC(C)O1. The number of rotatable bonds is 5. The van der Waals surface area contributed by atoms with Crippen LogP contribution in [0.2, 0.25) is 0 Å². The van der Waals surface area contributed by atoms with Gasteiger partial charge >= 0.3 is 0 Å². The summed E-state index contributed by atoms with van der Waals surface area (Å²) < 4.78 is 40.2. The predicted octanol–water partition coefficient (Wildman–Crippen LogP) is 1.16. The number of hydrogen-bond acceptors (Lipinski definition) is 6. The lowest BCUT2D eigenvalue weighted by Gasteiger charge is -2.35. The van der Waals surface area contributed by atoms with Crippen molar-refractivity contribution >= 4 is 27.0 Å². The Labute approximate surface area is 183 Å². The number of aromatic nitrogens is 2. The van der Waals surface area contributed by atoms with E-state index in [1.54, 1.807) is 18.2 Å². The van der Waals surface area contributed by atoms with Gasteiger partial charge in [-0.3, -0.25) is 4.79 Å². The van der Waals surface area contributed by atoms with Gasteiger partial charge in [-0.2, -0.15) is 4.31 Å². The van der Waals surface area contributed by atoms with Crippen molar-refractivity contribution in [2.75, 3.05) is 39.4 Å². The van der Waals surface area contributed by atoms with Crippen LogP contribution in [0.3, 0.4) is 0 Å². The quantitative estimate of drug-likeness (QED) is 0.679. The Bertz CT molecular complexity index is 1050. The molecule has 2 fully saturated rings. The van der Waals surface area contributed by atoms with E-state index in [4.69, 9.17) is 9.47 Å². The number of nitrogens with zero attached hydrogens (tertiary/aromatic N) is 4. The summed E-state index contributed by atoms with van der Waals surface area (Å²) in [6, 6.07) is 5.03. The molecule has 31 heavy (non-hydrogen) atoms. The van der Waals surface area contributed by atoms with E-state index in [1.165, 1.54) is 4.31 Å². The molecule has 0 aliphatic carbocycles. The summed E-state index contributed by atoms with van der Waals surface area (Å²) >= 11 is 0. The van der Waals surface area contributed by atoms with E-state index >= 15 is 0 Å². The molecule has 2 aromatic rings. The molecule has 1 aromatic heterocycles. The summed E-state index contributed by atoms with van der Waals surface area (Å²) in [5, 5.41) is 0. The van der Waals surface area contributed by atoms with Crippen LogP contribution in [-0.2, 0) is 37.8 Å². The largest absolute Gasteiger partial charge is 0.379 e. The lowest BCUT2D eigenvalue weighted by Crippen LogP contribution is -2.48. The molecule has 1 amide bonds. The number of amides is 1. The summed E-state index contributed by atoms with van der Waals surface area (Å²) in [6.07, 6.45) is 0.927. The highest BCUT2D eigenvalue weighted by Gasteiger charge is 2.28. The minimum absolute atomic E-state index is 0.0373. The maximum absolute atomic E-state index is 12.9. The maximum Gasteiger partial charge on any atom is 0.243 e. The van der Waals surface area contributed by atoms with Gasteiger partial charge in [-0.05, 0) is 32.0 Å². The molecule has 2 aliphatic heterocycles. The summed E-state index contributed by atoms with van der Waals surface area (Å²) in [7, 11) is -1.68. The molecule has 4 rings (SSSR count). The Morgan fingerprint density at radius 2 is 1.84 bits per heavy atom. The van der Waals surface area contributed by atoms with Crippen LogP contribution in [-0.4, -0.2) is 84.7 Å². The van der Waals surface area contributed by atoms with Crippen LogP contribution in [0.25, 0.3) is 11.0 Å². The maximum atomic E-state index is 12.9. The fourth-order valence-electron chi connectivity index (χ4n) is 4.31. The summed E-state index contributed by atoms with van der Waals surface area (Å²) in [5.41, 5.74) is 1.46. The molecule has 0 bridgehead atoms. The van der Waals surface area contributed by atoms with Crippen molar-refractivity contribution in [2.45, 2.75) is 43.8 Å². The molecule has 2 saturated heterocycles. The lowest BCUT2D eigenvalue weighted by atomic mass is 10.2. The Morgan fingerprint density at radius 1 is 1.16 bits per heavy atom. The zero-order chi connectivity index (χ0) is 22.2. The monoisotopic (exact) mass is 450 g/mol. The summed E-state index contributed by atoms with van der Waals surface area (Å²) in [4.78, 5) is 19.4. The second-order valence-corrected chi connectivity index (χ2v) is 10.2. The van der Waals surface area contributed by atoms with Crippen molar-refractivity contribution in [1.82, 2.24) is 18.8 Å². The van der Waals surface area contributed by atoms with E-state index < -0.39 is 10.0 Å². The van der Waals surface area contributed by atoms with E-state index in [0.717, 1.165) is 11.3 Å². The highest BCUT2D eigenvalue weighted by molar-refractivity contribution is 7.89. The fraction of sp³-hybridized carbons (Fsp3) is 0.619. The molecule has 0 saturated carbocycles. The molecular formula is C21H30N4O5S. The van der Waals surface area contributed by atoms with E-state index in [1.807, 2.05) is 30.4 Å². The Hall–Kier alpha value is -2.01. The van der Waals surface area contributed by atoms with Gasteiger partial charge in [-0.15, -0.1) is 0 Å². The van der Waals surface area contributed by atoms with E-state index in [9.17, 15) is 13.2 Å². The van der Waals surface area contributed by atoms with Crippen molar-refractivity contribution in [3.63, 3.8) is 0 Å². The van der Waals surface area contributed by atoms with Gasteiger partial charge in [0.2, 0.25) is 15.9 Å². The number of carbonyl (C=O) groups excluding carboxylic acids is 1. The second-order valence-electron chi connectivity index (χ2n) is 8.31. The van der Waals surface area contributed by atoms with Gasteiger partial charge in [-0.1, -0.05) is 0 Å². The first kappa shape index (κ1) is 22.2. The van der Waals surface area contributed by atoms with Crippen LogP contribution < -0.4 is 0 Å². The van der Waals surface area contributed by atoms with Crippen LogP contribution >= 0.6 is 0 Å². The van der Waals surface area contributed by atoms with Crippen molar-refractivity contribution < 1.29 is 22.7 Å². The number of carbonyl (C=O) groups is 1. The van der Waals surface area contributed by atoms with Gasteiger partial charge in [0.15, 0.2) is 0 Å². The average Bonchev–Trinajstić information content (AvgIpc) is 3.07. The first-order valence-electron chi connectivity index (χ1n) is 10.7. The van der Waals surface area contributed by atoms with Gasteiger partial charge in [-0.25, -0.2) is 13.4 Å². The third-order valence-electron chi connectivity index (χ3n) is 5.89. The van der Waals surface area contributed by atoms with E-state index in [2.05, 4.69) is 4.98 Å². The number of hydrogen-bond donors (Lipinski definition) is 0. The second kappa shape index (κ2) is 8.85. The molecule has 10 heteroatoms. The van der Waals surface area contributed by atoms with Crippen molar-refractivity contribution in [3.8, 4) is 0 Å². The molecule has 3 heterocycles. The van der Waals surface area contributed by atoms with E-state index in [0.29, 0.717) is 57.8 Å². The number of imidazole rings is 1. The Morgan fingerprint density at radius 3 is 2.52 bits per heavy atom. The minimum Gasteiger partial charge on any atom is -0.379 e. The van der Waals surface area contributed by atoms with Crippen molar-refractivity contribution in [1.29, 1.82) is 0 Å². The zero-order valence-corrected chi connectivity index (χ0v) is 19.1. The van der Waals surface area contributed by atoms with Gasteiger partial charge in [0.1, 0.15) is 5.82 Å². The van der Waals surface area contributed by atoms with Crippen LogP contribution in [0, 0.1) is 0 Å². The molecule has 170 valence electrons. The smallest absolute Gasteiger partial charge is 0.243 e. The predicted molar refractivity (Wildman–Crippen MR) is 115 cm³/mol. The lowest BCUT2D eigenvalue weighted by molar-refractivity contribution is -0.143. The van der Waals surface area contributed by atoms with Crippen LogP contribution in [0.5, 0.6) is 0 Å². The van der Waals surface area contributed by atoms with Crippen LogP contribution in [0.1, 0.15) is 26.1 Å². The molecule has 2 unspecified atom stereocenters. The Balaban J connectivity index is 1.49. The number of morpholine rings is 2. The van der Waals surface area contributed by atoms with Crippen LogP contribution in [0.15, 0.2) is 23.1 Å². The zero-order valence-electron chi connectivity index (χ0n) is 18.3. The fourth-order valence-corrected chi connectivity index (χ4v) is 5.74. The van der Waals surface area contributed by atoms with Crippen molar-refractivity contribution in [2.24, 2.45) is 7.05 Å². The molecule has 1 aromatic carbocycles. The van der Waals surface area contributed by atoms with Gasteiger partial charge in [0.25, 0.3) is 0 Å². The topological polar surface area (TPSA) is 94.0 Å². The van der Waals surface area contributed by atoms with Gasteiger partial charge < -0.3 is 18.9 Å². The third kappa shape index (κ3) is 4.62. The molecule has 0 spiro atoms. The number of benzene rings is 1. The number of sulfonamides is 1. The molecule has 9 nitrogen and oxygen atoms in total. The average molecular weight is 451 g/mol. The summed E-state index contributed by atoms with van der Waals surface area (Å²) in [5.74, 6) is 0.850. The number of ether oxygens (including phenoxy) is 2. The molecule has 0 radical (unpaired) electrons. The van der Waals surface area contributed by atoms with E-state index in [-0.39, 0.29) is 23.0 Å². The first-order chi connectivity index (χ1) is 14.8. The van der Waals surface area contributed by atoms with Crippen LogP contribution in [0.4, 0.5) is 0 Å². The number of aryl methyl sites for hydroxylation is 2. The van der Waals surface area contributed by atoms with Crippen molar-refractivity contribution in [3.05, 3.63) is 24.0 Å². The Kier molecular flexibility index (Phi) is 6.34. The third-order valence-corrected chi connectivity index (χ3v) is 7.78. The highest BCUT2D eigenvalue weighted by Crippen LogP contribution is 2.23. The van der Waals surface area contributed by atoms with Gasteiger partial charge in [0, 0.05) is 46.1 Å². The molecule has 2 atom stereocenters. The highest BCUT2D eigenvalue weighted by atomic mass is 32.2. The molecule has 2 aliphatic rings.